The lowest BCUT2D eigenvalue weighted by molar-refractivity contribution is -0.137. The molecule has 5 aromatic rings. The maximum Gasteiger partial charge on any atom is 0.391 e. The zero-order chi connectivity index (χ0) is 23.9. The van der Waals surface area contributed by atoms with Crippen LogP contribution in [-0.4, -0.2) is 35.7 Å². The summed E-state index contributed by atoms with van der Waals surface area (Å²) < 4.78 is 56.6. The number of nitrogens with zero attached hydrogens (tertiary/aromatic N) is 5. The van der Waals surface area contributed by atoms with Gasteiger partial charge in [0.2, 0.25) is 0 Å². The standard InChI is InChI=1S/C22H15F4N7O/c23-13-7-4-8-14-16(13)21(34)33(12-5-2-1-3-6-12)20(32-14)15(9-22(24,25)26)31-19-17-18(28-10-27-17)29-11-30-19/h1-8,10-11,15H,9H2,(H2,27,28,29,30,31). The van der Waals surface area contributed by atoms with Crippen molar-refractivity contribution < 1.29 is 17.6 Å². The maximum absolute atomic E-state index is 14.6. The van der Waals surface area contributed by atoms with Crippen LogP contribution in [0.15, 0.2) is 66.0 Å². The molecule has 3 heterocycles. The van der Waals surface area contributed by atoms with Gasteiger partial charge in [-0.15, -0.1) is 0 Å². The van der Waals surface area contributed by atoms with Crippen LogP contribution in [0, 0.1) is 5.82 Å². The maximum atomic E-state index is 14.6. The van der Waals surface area contributed by atoms with Gasteiger partial charge in [-0.25, -0.2) is 24.3 Å². The Bertz CT molecular complexity index is 1550. The molecule has 34 heavy (non-hydrogen) atoms. The van der Waals surface area contributed by atoms with Gasteiger partial charge in [-0.05, 0) is 24.3 Å². The van der Waals surface area contributed by atoms with Crippen molar-refractivity contribution in [2.24, 2.45) is 0 Å². The van der Waals surface area contributed by atoms with E-state index < -0.39 is 30.0 Å². The molecule has 0 spiro atoms. The largest absolute Gasteiger partial charge is 0.391 e. The highest BCUT2D eigenvalue weighted by Crippen LogP contribution is 2.33. The molecule has 8 nitrogen and oxygen atoms in total. The van der Waals surface area contributed by atoms with E-state index in [1.54, 1.807) is 18.2 Å². The Morgan fingerprint density at radius 2 is 1.82 bits per heavy atom. The fraction of sp³-hybridized carbons (Fsp3) is 0.136. The summed E-state index contributed by atoms with van der Waals surface area (Å²) in [5.74, 6) is -1.05. The highest BCUT2D eigenvalue weighted by Gasteiger charge is 2.36. The molecular weight excluding hydrogens is 454 g/mol. The molecule has 0 amide bonds. The molecule has 2 N–H and O–H groups in total. The van der Waals surface area contributed by atoms with Crippen LogP contribution < -0.4 is 10.9 Å². The van der Waals surface area contributed by atoms with Gasteiger partial charge in [-0.2, -0.15) is 13.2 Å². The van der Waals surface area contributed by atoms with Gasteiger partial charge in [0.15, 0.2) is 11.5 Å². The zero-order valence-corrected chi connectivity index (χ0v) is 17.2. The number of alkyl halides is 3. The van der Waals surface area contributed by atoms with Crippen LogP contribution in [0.5, 0.6) is 0 Å². The van der Waals surface area contributed by atoms with Gasteiger partial charge in [0.25, 0.3) is 5.56 Å². The van der Waals surface area contributed by atoms with Crippen LogP contribution >= 0.6 is 0 Å². The van der Waals surface area contributed by atoms with Crippen molar-refractivity contribution in [2.45, 2.75) is 18.6 Å². The van der Waals surface area contributed by atoms with E-state index in [1.807, 2.05) is 0 Å². The van der Waals surface area contributed by atoms with Crippen LogP contribution in [0.3, 0.4) is 0 Å². The summed E-state index contributed by atoms with van der Waals surface area (Å²) in [7, 11) is 0. The quantitative estimate of drug-likeness (QED) is 0.373. The van der Waals surface area contributed by atoms with Crippen molar-refractivity contribution in [3.05, 3.63) is 83.2 Å². The Morgan fingerprint density at radius 3 is 2.59 bits per heavy atom. The number of imidazole rings is 1. The van der Waals surface area contributed by atoms with Crippen molar-refractivity contribution >= 4 is 27.9 Å². The van der Waals surface area contributed by atoms with E-state index in [9.17, 15) is 22.4 Å². The topological polar surface area (TPSA) is 101 Å². The number of H-pyrrole nitrogens is 1. The molecule has 172 valence electrons. The average Bonchev–Trinajstić information content (AvgIpc) is 3.28. The van der Waals surface area contributed by atoms with Gasteiger partial charge in [0.1, 0.15) is 28.9 Å². The van der Waals surface area contributed by atoms with E-state index >= 15 is 0 Å². The summed E-state index contributed by atoms with van der Waals surface area (Å²) in [6.45, 7) is 0. The minimum absolute atomic E-state index is 0.0219. The van der Waals surface area contributed by atoms with Gasteiger partial charge in [0, 0.05) is 0 Å². The fourth-order valence-corrected chi connectivity index (χ4v) is 3.74. The molecular formula is C22H15F4N7O. The Balaban J connectivity index is 1.77. The first-order chi connectivity index (χ1) is 16.3. The third-order valence-electron chi connectivity index (χ3n) is 5.16. The lowest BCUT2D eigenvalue weighted by Crippen LogP contribution is -2.31. The van der Waals surface area contributed by atoms with Crippen molar-refractivity contribution in [3.63, 3.8) is 0 Å². The summed E-state index contributed by atoms with van der Waals surface area (Å²) >= 11 is 0. The summed E-state index contributed by atoms with van der Waals surface area (Å²) in [5.41, 5.74) is -0.117. The number of anilines is 1. The van der Waals surface area contributed by atoms with Gasteiger partial charge >= 0.3 is 6.18 Å². The van der Waals surface area contributed by atoms with Gasteiger partial charge < -0.3 is 10.3 Å². The minimum atomic E-state index is -4.63. The van der Waals surface area contributed by atoms with Crippen molar-refractivity contribution in [1.29, 1.82) is 0 Å². The minimum Gasteiger partial charge on any atom is -0.358 e. The fourth-order valence-electron chi connectivity index (χ4n) is 3.74. The highest BCUT2D eigenvalue weighted by atomic mass is 19.4. The van der Waals surface area contributed by atoms with Crippen LogP contribution in [-0.2, 0) is 0 Å². The predicted molar refractivity (Wildman–Crippen MR) is 116 cm³/mol. The summed E-state index contributed by atoms with van der Waals surface area (Å²) in [4.78, 5) is 32.5. The zero-order valence-electron chi connectivity index (χ0n) is 17.2. The highest BCUT2D eigenvalue weighted by molar-refractivity contribution is 5.82. The molecule has 3 aromatic heterocycles. The Labute approximate surface area is 188 Å². The molecule has 2 aromatic carbocycles. The Morgan fingerprint density at radius 1 is 1.03 bits per heavy atom. The van der Waals surface area contributed by atoms with Gasteiger partial charge in [-0.3, -0.25) is 9.36 Å². The van der Waals surface area contributed by atoms with Gasteiger partial charge in [-0.1, -0.05) is 24.3 Å². The SMILES string of the molecule is O=c1c2c(F)cccc2nc(C(CC(F)(F)F)Nc2ncnc3[nH]cnc23)n1-c1ccccc1. The van der Waals surface area contributed by atoms with Crippen LogP contribution in [0.25, 0.3) is 27.8 Å². The number of halogens is 4. The molecule has 0 aliphatic heterocycles. The Hall–Kier alpha value is -4.35. The lowest BCUT2D eigenvalue weighted by Gasteiger charge is -2.24. The molecule has 0 aliphatic rings. The molecule has 0 fully saturated rings. The number of hydrogen-bond donors (Lipinski definition) is 2. The second kappa shape index (κ2) is 8.21. The van der Waals surface area contributed by atoms with Crippen molar-refractivity contribution in [1.82, 2.24) is 29.5 Å². The average molecular weight is 469 g/mol. The molecule has 1 atom stereocenters. The number of para-hydroxylation sites is 1. The van der Waals surface area contributed by atoms with Crippen molar-refractivity contribution in [3.8, 4) is 5.69 Å². The Kier molecular flexibility index (Phi) is 5.19. The van der Waals surface area contributed by atoms with Crippen molar-refractivity contribution in [2.75, 3.05) is 5.32 Å². The monoisotopic (exact) mass is 469 g/mol. The molecule has 0 saturated heterocycles. The van der Waals surface area contributed by atoms with E-state index in [1.165, 1.54) is 36.9 Å². The third-order valence-corrected chi connectivity index (χ3v) is 5.16. The number of rotatable bonds is 5. The number of fused-ring (bicyclic) bond motifs is 2. The number of hydrogen-bond acceptors (Lipinski definition) is 6. The normalized spacial score (nSPS) is 12.8. The van der Waals surface area contributed by atoms with E-state index in [2.05, 4.69) is 30.2 Å². The van der Waals surface area contributed by atoms with E-state index in [0.29, 0.717) is 5.65 Å². The lowest BCUT2D eigenvalue weighted by atomic mass is 10.1. The molecule has 0 bridgehead atoms. The molecule has 0 aliphatic carbocycles. The molecule has 0 saturated carbocycles. The van der Waals surface area contributed by atoms with Crippen LogP contribution in [0.1, 0.15) is 18.3 Å². The predicted octanol–water partition coefficient (Wildman–Crippen LogP) is 4.30. The molecule has 1 unspecified atom stereocenters. The summed E-state index contributed by atoms with van der Waals surface area (Å²) in [5, 5.41) is 2.41. The number of aromatic amines is 1. The van der Waals surface area contributed by atoms with E-state index in [4.69, 9.17) is 0 Å². The summed E-state index contributed by atoms with van der Waals surface area (Å²) in [6, 6.07) is 10.2. The first-order valence-electron chi connectivity index (χ1n) is 10.1. The number of nitrogens with one attached hydrogen (secondary N) is 2. The summed E-state index contributed by atoms with van der Waals surface area (Å²) in [6.07, 6.45) is -3.52. The van der Waals surface area contributed by atoms with Crippen LogP contribution in [0.4, 0.5) is 23.4 Å². The van der Waals surface area contributed by atoms with E-state index in [-0.39, 0.29) is 33.7 Å². The van der Waals surface area contributed by atoms with E-state index in [0.717, 1.165) is 10.6 Å². The first kappa shape index (κ1) is 21.5. The second-order valence-electron chi connectivity index (χ2n) is 7.42. The molecule has 0 radical (unpaired) electrons. The third kappa shape index (κ3) is 3.93. The molecule has 5 rings (SSSR count). The number of benzene rings is 2. The first-order valence-corrected chi connectivity index (χ1v) is 10.1. The van der Waals surface area contributed by atoms with Crippen LogP contribution in [0.2, 0.25) is 0 Å². The number of aromatic nitrogens is 6. The molecule has 12 heteroatoms. The smallest absolute Gasteiger partial charge is 0.358 e. The van der Waals surface area contributed by atoms with Gasteiger partial charge in [0.05, 0.1) is 30.0 Å². The second-order valence-corrected chi connectivity index (χ2v) is 7.42.